The molecule has 0 radical (unpaired) electrons. The average molecular weight is 481 g/mol. The number of pyridine rings is 1. The highest BCUT2D eigenvalue weighted by atomic mass is 16.2. The topological polar surface area (TPSA) is 82.6 Å². The van der Waals surface area contributed by atoms with E-state index < -0.39 is 11.9 Å². The number of fused-ring (bicyclic) bond motifs is 1. The number of piperidine rings is 1. The summed E-state index contributed by atoms with van der Waals surface area (Å²) in [4.78, 5) is 45.6. The van der Waals surface area contributed by atoms with Crippen LogP contribution in [0.3, 0.4) is 0 Å². The van der Waals surface area contributed by atoms with E-state index in [1.165, 1.54) is 24.0 Å². The van der Waals surface area contributed by atoms with Crippen LogP contribution < -0.4 is 5.32 Å². The van der Waals surface area contributed by atoms with Crippen molar-refractivity contribution in [2.45, 2.75) is 50.9 Å². The molecule has 1 aromatic heterocycles. The molecule has 7 nitrogen and oxygen atoms in total. The van der Waals surface area contributed by atoms with E-state index in [0.29, 0.717) is 24.6 Å². The maximum absolute atomic E-state index is 13.0. The lowest BCUT2D eigenvalue weighted by Crippen LogP contribution is -2.52. The largest absolute Gasteiger partial charge is 0.322 e. The van der Waals surface area contributed by atoms with Gasteiger partial charge >= 0.3 is 0 Å². The summed E-state index contributed by atoms with van der Waals surface area (Å²) >= 11 is 0. The molecule has 3 aromatic rings. The molecular formula is C29H28N4O3. The minimum Gasteiger partial charge on any atom is -0.322 e. The Hall–Kier alpha value is -3.84. The van der Waals surface area contributed by atoms with Crippen molar-refractivity contribution < 1.29 is 14.4 Å². The van der Waals surface area contributed by atoms with E-state index in [9.17, 15) is 14.4 Å². The third-order valence-electron chi connectivity index (χ3n) is 7.58. The van der Waals surface area contributed by atoms with Crippen LogP contribution in [0.5, 0.6) is 0 Å². The Morgan fingerprint density at radius 3 is 2.64 bits per heavy atom. The molecule has 2 fully saturated rings. The summed E-state index contributed by atoms with van der Waals surface area (Å²) in [6.45, 7) is 2.30. The lowest BCUT2D eigenvalue weighted by atomic mass is 10.0. The van der Waals surface area contributed by atoms with Gasteiger partial charge in [0.15, 0.2) is 0 Å². The highest BCUT2D eigenvalue weighted by Crippen LogP contribution is 2.34. The second-order valence-electron chi connectivity index (χ2n) is 9.86. The van der Waals surface area contributed by atoms with Crippen LogP contribution in [0, 0.1) is 0 Å². The minimum atomic E-state index is -0.606. The fourth-order valence-electron chi connectivity index (χ4n) is 5.77. The number of rotatable bonds is 5. The van der Waals surface area contributed by atoms with Gasteiger partial charge in [0.2, 0.25) is 11.8 Å². The molecule has 1 N–H and O–H groups in total. The van der Waals surface area contributed by atoms with Crippen LogP contribution in [0.15, 0.2) is 66.9 Å². The van der Waals surface area contributed by atoms with Crippen molar-refractivity contribution in [1.82, 2.24) is 20.1 Å². The van der Waals surface area contributed by atoms with Crippen LogP contribution in [0.25, 0.3) is 11.3 Å². The molecular weight excluding hydrogens is 452 g/mol. The first-order valence-electron chi connectivity index (χ1n) is 12.6. The number of likely N-dealkylation sites (tertiary alicyclic amines) is 1. The molecule has 36 heavy (non-hydrogen) atoms. The van der Waals surface area contributed by atoms with Gasteiger partial charge in [-0.25, -0.2) is 0 Å². The van der Waals surface area contributed by atoms with E-state index in [0.717, 1.165) is 29.9 Å². The second-order valence-corrected chi connectivity index (χ2v) is 9.86. The number of benzene rings is 2. The van der Waals surface area contributed by atoms with Gasteiger partial charge < -0.3 is 4.90 Å². The summed E-state index contributed by atoms with van der Waals surface area (Å²) in [5, 5.41) is 2.35. The monoisotopic (exact) mass is 480 g/mol. The quantitative estimate of drug-likeness (QED) is 0.561. The van der Waals surface area contributed by atoms with E-state index >= 15 is 0 Å². The fourth-order valence-corrected chi connectivity index (χ4v) is 5.77. The number of hydrogen-bond donors (Lipinski definition) is 1. The minimum absolute atomic E-state index is 0.159. The Morgan fingerprint density at radius 1 is 0.944 bits per heavy atom. The van der Waals surface area contributed by atoms with Gasteiger partial charge in [0.25, 0.3) is 5.91 Å². The SMILES string of the molecule is O=C1CCC(N2Cc3cc(-c4cc(CN5CCC[C@H]5c5ccccc5)ccn4)ccc3C2=O)C(=O)N1. The number of imide groups is 1. The molecule has 6 rings (SSSR count). The van der Waals surface area contributed by atoms with Gasteiger partial charge in [0.05, 0.1) is 5.69 Å². The summed E-state index contributed by atoms with van der Waals surface area (Å²) in [7, 11) is 0. The molecule has 0 aliphatic carbocycles. The highest BCUT2D eigenvalue weighted by molar-refractivity contribution is 6.05. The number of nitrogens with one attached hydrogen (secondary N) is 1. The van der Waals surface area contributed by atoms with Gasteiger partial charge in [-0.1, -0.05) is 36.4 Å². The number of carbonyl (C=O) groups excluding carboxylic acids is 3. The molecule has 0 bridgehead atoms. The Balaban J connectivity index is 1.20. The van der Waals surface area contributed by atoms with Crippen molar-refractivity contribution in [2.24, 2.45) is 0 Å². The summed E-state index contributed by atoms with van der Waals surface area (Å²) in [5.41, 5.74) is 5.91. The average Bonchev–Trinajstić information content (AvgIpc) is 3.49. The van der Waals surface area contributed by atoms with E-state index in [-0.39, 0.29) is 18.2 Å². The van der Waals surface area contributed by atoms with E-state index in [4.69, 9.17) is 0 Å². The van der Waals surface area contributed by atoms with Crippen LogP contribution >= 0.6 is 0 Å². The zero-order valence-corrected chi connectivity index (χ0v) is 20.0. The molecule has 0 spiro atoms. The van der Waals surface area contributed by atoms with E-state index in [1.54, 1.807) is 4.90 Å². The Labute approximate surface area is 210 Å². The third-order valence-corrected chi connectivity index (χ3v) is 7.58. The molecule has 3 aliphatic rings. The molecule has 4 heterocycles. The zero-order chi connectivity index (χ0) is 24.6. The van der Waals surface area contributed by atoms with E-state index in [1.807, 2.05) is 24.4 Å². The van der Waals surface area contributed by atoms with Crippen LogP contribution in [0.2, 0.25) is 0 Å². The summed E-state index contributed by atoms with van der Waals surface area (Å²) < 4.78 is 0. The maximum Gasteiger partial charge on any atom is 0.255 e. The predicted octanol–water partition coefficient (Wildman–Crippen LogP) is 3.85. The molecule has 0 saturated carbocycles. The molecule has 2 saturated heterocycles. The lowest BCUT2D eigenvalue weighted by molar-refractivity contribution is -0.136. The first kappa shape index (κ1) is 22.6. The van der Waals surface area contributed by atoms with Crippen molar-refractivity contribution in [1.29, 1.82) is 0 Å². The summed E-state index contributed by atoms with van der Waals surface area (Å²) in [6.07, 6.45) is 4.83. The fraction of sp³-hybridized carbons (Fsp3) is 0.310. The third kappa shape index (κ3) is 4.20. The molecule has 7 heteroatoms. The van der Waals surface area contributed by atoms with Gasteiger partial charge in [-0.3, -0.25) is 29.6 Å². The van der Waals surface area contributed by atoms with Crippen molar-refractivity contribution in [2.75, 3.05) is 6.54 Å². The lowest BCUT2D eigenvalue weighted by Gasteiger charge is -2.29. The maximum atomic E-state index is 13.0. The van der Waals surface area contributed by atoms with Crippen molar-refractivity contribution in [3.05, 3.63) is 89.1 Å². The number of carbonyl (C=O) groups is 3. The first-order chi connectivity index (χ1) is 17.6. The van der Waals surface area contributed by atoms with Crippen LogP contribution in [0.1, 0.15) is 58.8 Å². The summed E-state index contributed by atoms with van der Waals surface area (Å²) in [5.74, 6) is -0.830. The number of aromatic nitrogens is 1. The Bertz CT molecular complexity index is 1340. The molecule has 2 aromatic carbocycles. The van der Waals surface area contributed by atoms with Gasteiger partial charge in [-0.15, -0.1) is 0 Å². The van der Waals surface area contributed by atoms with Crippen LogP contribution in [0.4, 0.5) is 0 Å². The van der Waals surface area contributed by atoms with Crippen molar-refractivity contribution in [3.8, 4) is 11.3 Å². The standard InChI is InChI=1S/C29H28N4O3/c34-27-11-10-26(28(35)31-27)33-18-22-16-21(8-9-23(22)29(33)36)24-15-19(12-13-30-24)17-32-14-4-7-25(32)20-5-2-1-3-6-20/h1-3,5-6,8-9,12-13,15-16,25-26H,4,7,10-11,14,17-18H2,(H,31,34,35)/t25-,26?/m0/s1. The predicted molar refractivity (Wildman–Crippen MR) is 135 cm³/mol. The smallest absolute Gasteiger partial charge is 0.255 e. The van der Waals surface area contributed by atoms with Gasteiger partial charge in [0, 0.05) is 42.9 Å². The normalized spacial score (nSPS) is 22.1. The van der Waals surface area contributed by atoms with Crippen LogP contribution in [-0.2, 0) is 22.7 Å². The van der Waals surface area contributed by atoms with E-state index in [2.05, 4.69) is 57.7 Å². The number of hydrogen-bond acceptors (Lipinski definition) is 5. The number of amides is 3. The second kappa shape index (κ2) is 9.32. The molecule has 182 valence electrons. The van der Waals surface area contributed by atoms with Gasteiger partial charge in [-0.2, -0.15) is 0 Å². The Kier molecular flexibility index (Phi) is 5.85. The molecule has 3 aliphatic heterocycles. The van der Waals surface area contributed by atoms with Gasteiger partial charge in [0.1, 0.15) is 6.04 Å². The highest BCUT2D eigenvalue weighted by Gasteiger charge is 2.39. The first-order valence-corrected chi connectivity index (χ1v) is 12.6. The van der Waals surface area contributed by atoms with Gasteiger partial charge in [-0.05, 0) is 66.8 Å². The molecule has 2 atom stereocenters. The van der Waals surface area contributed by atoms with Crippen LogP contribution in [-0.4, -0.2) is 45.1 Å². The van der Waals surface area contributed by atoms with Crippen molar-refractivity contribution in [3.63, 3.8) is 0 Å². The molecule has 1 unspecified atom stereocenters. The zero-order valence-electron chi connectivity index (χ0n) is 20.0. The Morgan fingerprint density at radius 2 is 1.81 bits per heavy atom. The van der Waals surface area contributed by atoms with Crippen molar-refractivity contribution >= 4 is 17.7 Å². The molecule has 3 amide bonds. The number of nitrogens with zero attached hydrogens (tertiary/aromatic N) is 3. The summed E-state index contributed by atoms with van der Waals surface area (Å²) in [6, 6.07) is 20.5.